The van der Waals surface area contributed by atoms with Gasteiger partial charge in [0.25, 0.3) is 0 Å². The zero-order valence-electron chi connectivity index (χ0n) is 9.85. The van der Waals surface area contributed by atoms with E-state index in [1.54, 1.807) is 7.11 Å². The molecular formula is C12H18N2OS. The molecule has 1 aromatic rings. The van der Waals surface area contributed by atoms with Crippen molar-refractivity contribution in [1.29, 1.82) is 0 Å². The lowest BCUT2D eigenvalue weighted by Crippen LogP contribution is -2.40. The highest BCUT2D eigenvalue weighted by Gasteiger charge is 2.14. The molecule has 0 aliphatic carbocycles. The normalized spacial score (nSPS) is 18.6. The Balaban J connectivity index is 1.93. The van der Waals surface area contributed by atoms with Gasteiger partial charge in [0, 0.05) is 31.1 Å². The van der Waals surface area contributed by atoms with E-state index < -0.39 is 0 Å². The number of likely N-dealkylation sites (N-methyl/N-ethyl adjacent to an activating group) is 1. The molecule has 1 aliphatic rings. The first-order valence-electron chi connectivity index (χ1n) is 5.53. The molecule has 0 unspecified atom stereocenters. The molecule has 1 saturated heterocycles. The van der Waals surface area contributed by atoms with Crippen LogP contribution in [-0.2, 0) is 0 Å². The van der Waals surface area contributed by atoms with Crippen molar-refractivity contribution in [3.05, 3.63) is 24.3 Å². The fourth-order valence-electron chi connectivity index (χ4n) is 1.69. The standard InChI is InChI=1S/C12H18N2OS/c1-13-6-8-14(9-7-13)16-12-5-3-4-11(10-12)15-2/h3-5,10H,6-9H2,1-2H3. The van der Waals surface area contributed by atoms with Crippen LogP contribution in [0.15, 0.2) is 29.2 Å². The average molecular weight is 238 g/mol. The van der Waals surface area contributed by atoms with Gasteiger partial charge < -0.3 is 9.64 Å². The van der Waals surface area contributed by atoms with E-state index in [2.05, 4.69) is 28.4 Å². The molecule has 0 N–H and O–H groups in total. The molecule has 0 amide bonds. The van der Waals surface area contributed by atoms with Gasteiger partial charge in [-0.1, -0.05) is 6.07 Å². The second-order valence-electron chi connectivity index (χ2n) is 4.00. The van der Waals surface area contributed by atoms with E-state index >= 15 is 0 Å². The zero-order valence-corrected chi connectivity index (χ0v) is 10.7. The summed E-state index contributed by atoms with van der Waals surface area (Å²) in [5, 5.41) is 0. The van der Waals surface area contributed by atoms with Gasteiger partial charge in [-0.25, -0.2) is 4.31 Å². The maximum Gasteiger partial charge on any atom is 0.120 e. The van der Waals surface area contributed by atoms with Crippen LogP contribution in [0.25, 0.3) is 0 Å². The van der Waals surface area contributed by atoms with Crippen LogP contribution in [0.5, 0.6) is 5.75 Å². The summed E-state index contributed by atoms with van der Waals surface area (Å²) in [5.74, 6) is 0.930. The van der Waals surface area contributed by atoms with Crippen molar-refractivity contribution in [2.24, 2.45) is 0 Å². The number of hydrogen-bond donors (Lipinski definition) is 0. The van der Waals surface area contributed by atoms with Crippen molar-refractivity contribution in [3.63, 3.8) is 0 Å². The largest absolute Gasteiger partial charge is 0.497 e. The summed E-state index contributed by atoms with van der Waals surface area (Å²) in [4.78, 5) is 3.62. The maximum atomic E-state index is 5.22. The van der Waals surface area contributed by atoms with Crippen molar-refractivity contribution < 1.29 is 4.74 Å². The minimum atomic E-state index is 0.930. The molecule has 1 fully saturated rings. The SMILES string of the molecule is COc1cccc(SN2CCN(C)CC2)c1. The fraction of sp³-hybridized carbons (Fsp3) is 0.500. The van der Waals surface area contributed by atoms with Gasteiger partial charge >= 0.3 is 0 Å². The summed E-state index contributed by atoms with van der Waals surface area (Å²) in [5.41, 5.74) is 0. The van der Waals surface area contributed by atoms with Crippen molar-refractivity contribution in [3.8, 4) is 5.75 Å². The lowest BCUT2D eigenvalue weighted by molar-refractivity contribution is 0.233. The minimum Gasteiger partial charge on any atom is -0.497 e. The number of hydrogen-bond acceptors (Lipinski definition) is 4. The second-order valence-corrected chi connectivity index (χ2v) is 5.17. The Bertz CT molecular complexity index is 338. The van der Waals surface area contributed by atoms with Crippen LogP contribution in [0.4, 0.5) is 0 Å². The molecular weight excluding hydrogens is 220 g/mol. The molecule has 3 nitrogen and oxygen atoms in total. The van der Waals surface area contributed by atoms with Crippen molar-refractivity contribution in [2.75, 3.05) is 40.3 Å². The highest BCUT2D eigenvalue weighted by molar-refractivity contribution is 7.97. The molecule has 0 atom stereocenters. The smallest absolute Gasteiger partial charge is 0.120 e. The van der Waals surface area contributed by atoms with E-state index in [0.29, 0.717) is 0 Å². The van der Waals surface area contributed by atoms with Crippen LogP contribution in [0.2, 0.25) is 0 Å². The fourth-order valence-corrected chi connectivity index (χ4v) is 2.64. The molecule has 1 heterocycles. The molecule has 0 aromatic heterocycles. The Labute approximate surface area is 102 Å². The van der Waals surface area contributed by atoms with Crippen LogP contribution < -0.4 is 4.74 Å². The van der Waals surface area contributed by atoms with E-state index in [9.17, 15) is 0 Å². The van der Waals surface area contributed by atoms with Crippen molar-refractivity contribution in [1.82, 2.24) is 9.21 Å². The monoisotopic (exact) mass is 238 g/mol. The topological polar surface area (TPSA) is 15.7 Å². The van der Waals surface area contributed by atoms with Gasteiger partial charge in [0.15, 0.2) is 0 Å². The first-order chi connectivity index (χ1) is 7.78. The molecule has 4 heteroatoms. The quantitative estimate of drug-likeness (QED) is 0.748. The highest BCUT2D eigenvalue weighted by atomic mass is 32.2. The Morgan fingerprint density at radius 3 is 2.62 bits per heavy atom. The zero-order chi connectivity index (χ0) is 11.4. The van der Waals surface area contributed by atoms with E-state index in [-0.39, 0.29) is 0 Å². The van der Waals surface area contributed by atoms with Gasteiger partial charge in [0.1, 0.15) is 5.75 Å². The predicted octanol–water partition coefficient (Wildman–Crippen LogP) is 1.95. The molecule has 1 aromatic carbocycles. The summed E-state index contributed by atoms with van der Waals surface area (Å²) in [7, 11) is 3.88. The number of benzene rings is 1. The van der Waals surface area contributed by atoms with Gasteiger partial charge in [-0.2, -0.15) is 0 Å². The molecule has 0 spiro atoms. The van der Waals surface area contributed by atoms with Gasteiger partial charge in [-0.3, -0.25) is 0 Å². The maximum absolute atomic E-state index is 5.22. The average Bonchev–Trinajstić information content (AvgIpc) is 2.32. The van der Waals surface area contributed by atoms with E-state index in [1.165, 1.54) is 4.90 Å². The molecule has 0 saturated carbocycles. The third-order valence-electron chi connectivity index (χ3n) is 2.74. The molecule has 88 valence electrons. The summed E-state index contributed by atoms with van der Waals surface area (Å²) in [6.45, 7) is 4.55. The minimum absolute atomic E-state index is 0.930. The predicted molar refractivity (Wildman–Crippen MR) is 67.9 cm³/mol. The van der Waals surface area contributed by atoms with Crippen molar-refractivity contribution >= 4 is 11.9 Å². The lowest BCUT2D eigenvalue weighted by Gasteiger charge is -2.31. The lowest BCUT2D eigenvalue weighted by atomic mass is 10.3. The number of methoxy groups -OCH3 is 1. The summed E-state index contributed by atoms with van der Waals surface area (Å²) in [6, 6.07) is 8.24. The van der Waals surface area contributed by atoms with Crippen molar-refractivity contribution in [2.45, 2.75) is 4.90 Å². The molecule has 0 radical (unpaired) electrons. The Morgan fingerprint density at radius 2 is 1.94 bits per heavy atom. The van der Waals surface area contributed by atoms with Gasteiger partial charge in [-0.05, 0) is 37.2 Å². The summed E-state index contributed by atoms with van der Waals surface area (Å²) in [6.07, 6.45) is 0. The first-order valence-corrected chi connectivity index (χ1v) is 6.31. The Hall–Kier alpha value is -0.710. The highest BCUT2D eigenvalue weighted by Crippen LogP contribution is 2.26. The molecule has 0 bridgehead atoms. The third-order valence-corrected chi connectivity index (χ3v) is 3.83. The Kier molecular flexibility index (Phi) is 4.09. The second kappa shape index (κ2) is 5.57. The number of piperazine rings is 1. The van der Waals surface area contributed by atoms with Gasteiger partial charge in [0.2, 0.25) is 0 Å². The third kappa shape index (κ3) is 3.14. The van der Waals surface area contributed by atoms with Crippen LogP contribution in [0, 0.1) is 0 Å². The van der Waals surface area contributed by atoms with Crippen LogP contribution >= 0.6 is 11.9 Å². The van der Waals surface area contributed by atoms with Gasteiger partial charge in [-0.15, -0.1) is 0 Å². The van der Waals surface area contributed by atoms with Gasteiger partial charge in [0.05, 0.1) is 7.11 Å². The summed E-state index contributed by atoms with van der Waals surface area (Å²) < 4.78 is 7.63. The van der Waals surface area contributed by atoms with Crippen LogP contribution in [0.1, 0.15) is 0 Å². The van der Waals surface area contributed by atoms with Crippen LogP contribution in [0.3, 0.4) is 0 Å². The summed E-state index contributed by atoms with van der Waals surface area (Å²) >= 11 is 1.82. The molecule has 2 rings (SSSR count). The number of rotatable bonds is 3. The number of nitrogens with zero attached hydrogens (tertiary/aromatic N) is 2. The first kappa shape index (κ1) is 11.8. The molecule has 16 heavy (non-hydrogen) atoms. The number of ether oxygens (including phenoxy) is 1. The van der Waals surface area contributed by atoms with E-state index in [4.69, 9.17) is 4.74 Å². The Morgan fingerprint density at radius 1 is 1.19 bits per heavy atom. The van der Waals surface area contributed by atoms with E-state index in [1.807, 2.05) is 24.1 Å². The van der Waals surface area contributed by atoms with E-state index in [0.717, 1.165) is 31.9 Å². The van der Waals surface area contributed by atoms with Crippen LogP contribution in [-0.4, -0.2) is 49.5 Å². The molecule has 1 aliphatic heterocycles.